The average molecular weight is 658 g/mol. The second kappa shape index (κ2) is 12.4. The van der Waals surface area contributed by atoms with Gasteiger partial charge in [-0.15, -0.1) is 0 Å². The number of nitrogens with one attached hydrogen (secondary N) is 3. The van der Waals surface area contributed by atoms with Crippen molar-refractivity contribution in [3.05, 3.63) is 64.9 Å². The highest BCUT2D eigenvalue weighted by Crippen LogP contribution is 2.38. The Morgan fingerprint density at radius 1 is 1.04 bits per heavy atom. The highest BCUT2D eigenvalue weighted by atomic mass is 32.2. The Hall–Kier alpha value is -3.92. The molecule has 0 aliphatic carbocycles. The number of hydrogen-bond donors (Lipinski definition) is 3. The summed E-state index contributed by atoms with van der Waals surface area (Å²) in [7, 11) is -2.42. The number of likely N-dealkylation sites (tertiary alicyclic amines) is 1. The molecule has 1 atom stereocenters. The number of carbonyl (C=O) groups excluding carboxylic acids is 2. The molecule has 0 spiro atoms. The number of H-pyrrole nitrogens is 1. The molecule has 0 radical (unpaired) electrons. The van der Waals surface area contributed by atoms with E-state index in [1.165, 1.54) is 0 Å². The van der Waals surface area contributed by atoms with Crippen LogP contribution in [0.4, 0.5) is 26.0 Å². The maximum absolute atomic E-state index is 14.0. The number of likely N-dealkylation sites (N-methyl/N-ethyl adjacent to an activating group) is 1. The first-order valence-corrected chi connectivity index (χ1v) is 16.6. The summed E-state index contributed by atoms with van der Waals surface area (Å²) in [5.74, 6) is -2.66. The predicted octanol–water partition coefficient (Wildman–Crippen LogP) is 3.29. The van der Waals surface area contributed by atoms with E-state index in [0.29, 0.717) is 55.7 Å². The summed E-state index contributed by atoms with van der Waals surface area (Å²) in [5.41, 5.74) is 1.65. The van der Waals surface area contributed by atoms with Crippen LogP contribution in [0, 0.1) is 11.6 Å². The van der Waals surface area contributed by atoms with Crippen LogP contribution < -0.4 is 15.5 Å². The molecule has 3 N–H and O–H groups in total. The molecule has 2 saturated heterocycles. The molecule has 3 aromatic rings. The normalized spacial score (nSPS) is 20.4. The Morgan fingerprint density at radius 3 is 2.43 bits per heavy atom. The molecule has 1 aromatic heterocycles. The van der Waals surface area contributed by atoms with Crippen LogP contribution in [0.25, 0.3) is 0 Å². The van der Waals surface area contributed by atoms with Gasteiger partial charge in [0.15, 0.2) is 5.82 Å². The number of carbonyl (C=O) groups is 2. The van der Waals surface area contributed by atoms with E-state index in [2.05, 4.69) is 25.7 Å². The first-order valence-electron chi connectivity index (χ1n) is 15.2. The molecule has 2 amide bonds. The number of fused-ring (bicyclic) bond motifs is 1. The Balaban J connectivity index is 1.30. The molecule has 0 saturated carbocycles. The van der Waals surface area contributed by atoms with Gasteiger partial charge in [0.2, 0.25) is 15.9 Å². The third-order valence-electron chi connectivity index (χ3n) is 8.86. The van der Waals surface area contributed by atoms with Gasteiger partial charge in [-0.2, -0.15) is 9.40 Å². The number of sulfonamides is 1. The van der Waals surface area contributed by atoms with E-state index in [0.717, 1.165) is 35.1 Å². The fraction of sp³-hybridized carbons (Fsp3) is 0.452. The van der Waals surface area contributed by atoms with Crippen molar-refractivity contribution in [2.45, 2.75) is 49.6 Å². The summed E-state index contributed by atoms with van der Waals surface area (Å²) in [4.78, 5) is 30.7. The zero-order valence-corrected chi connectivity index (χ0v) is 26.7. The smallest absolute Gasteiger partial charge is 0.258 e. The monoisotopic (exact) mass is 657 g/mol. The number of nitrogens with zero attached hydrogens (tertiary/aromatic N) is 4. The molecule has 6 rings (SSSR count). The molecule has 0 bridgehead atoms. The molecule has 2 aromatic carbocycles. The van der Waals surface area contributed by atoms with Gasteiger partial charge < -0.3 is 20.3 Å². The van der Waals surface area contributed by atoms with Crippen LogP contribution >= 0.6 is 0 Å². The second-order valence-electron chi connectivity index (χ2n) is 12.6. The third kappa shape index (κ3) is 6.24. The first kappa shape index (κ1) is 32.0. The fourth-order valence-corrected chi connectivity index (χ4v) is 8.03. The minimum Gasteiger partial charge on any atom is -0.378 e. The van der Waals surface area contributed by atoms with Crippen LogP contribution in [0.5, 0.6) is 0 Å². The zero-order valence-electron chi connectivity index (χ0n) is 25.9. The van der Waals surface area contributed by atoms with Gasteiger partial charge in [-0.25, -0.2) is 17.2 Å². The van der Waals surface area contributed by atoms with Crippen LogP contribution in [0.2, 0.25) is 0 Å². The maximum atomic E-state index is 14.0. The van der Waals surface area contributed by atoms with E-state index in [1.807, 2.05) is 31.9 Å². The first-order chi connectivity index (χ1) is 21.8. The third-order valence-corrected chi connectivity index (χ3v) is 10.6. The fourth-order valence-electron chi connectivity index (χ4n) is 6.42. The van der Waals surface area contributed by atoms with Gasteiger partial charge in [0.1, 0.15) is 11.6 Å². The standard InChI is InChI=1S/C31H37F2N7O5S/c1-31(2)18-40(46(43,44)22-14-19(32)13-20(33)15-22)17-24-27(31)36-37-28(24)35-29(41)23-7-6-21(39-9-11-45-12-10-39)16-25(23)34-30(42)26-5-4-8-38(26)3/h6-7,13-16,26H,4-5,8-12,17-18H2,1-3H3,(H,34,42)(H2,35,36,37,41). The Labute approximate surface area is 266 Å². The lowest BCUT2D eigenvalue weighted by molar-refractivity contribution is -0.119. The van der Waals surface area contributed by atoms with Gasteiger partial charge in [0, 0.05) is 54.6 Å². The molecule has 2 fully saturated rings. The molecule has 3 aliphatic heterocycles. The number of hydrogen-bond acceptors (Lipinski definition) is 8. The molecule has 15 heteroatoms. The highest BCUT2D eigenvalue weighted by molar-refractivity contribution is 7.89. The molecular weight excluding hydrogens is 620 g/mol. The Morgan fingerprint density at radius 2 is 1.76 bits per heavy atom. The lowest BCUT2D eigenvalue weighted by Gasteiger charge is -2.36. The number of benzene rings is 2. The van der Waals surface area contributed by atoms with E-state index in [-0.39, 0.29) is 36.4 Å². The molecule has 3 aliphatic rings. The van der Waals surface area contributed by atoms with Crippen molar-refractivity contribution >= 4 is 39.0 Å². The lowest BCUT2D eigenvalue weighted by Crippen LogP contribution is -2.45. The quantitative estimate of drug-likeness (QED) is 0.352. The van der Waals surface area contributed by atoms with Gasteiger partial charge in [-0.3, -0.25) is 19.6 Å². The summed E-state index contributed by atoms with van der Waals surface area (Å²) < 4.78 is 61.6. The van der Waals surface area contributed by atoms with Crippen molar-refractivity contribution in [2.24, 2.45) is 0 Å². The SMILES string of the molecule is CN1CCCC1C(=O)Nc1cc(N2CCOCC2)ccc1C(=O)Nc1n[nH]c2c1CN(S(=O)(=O)c1cc(F)cc(F)c1)CC2(C)C. The number of anilines is 3. The van der Waals surface area contributed by atoms with Gasteiger partial charge >= 0.3 is 0 Å². The lowest BCUT2D eigenvalue weighted by atomic mass is 9.84. The molecule has 12 nitrogen and oxygen atoms in total. The van der Waals surface area contributed by atoms with E-state index < -0.39 is 37.9 Å². The Bertz CT molecular complexity index is 1750. The minimum atomic E-state index is -4.31. The van der Waals surface area contributed by atoms with Crippen molar-refractivity contribution in [2.75, 3.05) is 62.0 Å². The molecular formula is C31H37F2N7O5S. The van der Waals surface area contributed by atoms with Crippen molar-refractivity contribution in [3.63, 3.8) is 0 Å². The van der Waals surface area contributed by atoms with E-state index >= 15 is 0 Å². The van der Waals surface area contributed by atoms with E-state index in [4.69, 9.17) is 4.74 Å². The van der Waals surface area contributed by atoms with Crippen molar-refractivity contribution in [3.8, 4) is 0 Å². The number of ether oxygens (including phenoxy) is 1. The van der Waals surface area contributed by atoms with Gasteiger partial charge in [-0.05, 0) is 56.8 Å². The van der Waals surface area contributed by atoms with Crippen molar-refractivity contribution in [1.82, 2.24) is 19.4 Å². The molecule has 246 valence electrons. The summed E-state index contributed by atoms with van der Waals surface area (Å²) in [6, 6.07) is 7.08. The van der Waals surface area contributed by atoms with E-state index in [9.17, 15) is 26.8 Å². The average Bonchev–Trinajstić information content (AvgIpc) is 3.63. The summed E-state index contributed by atoms with van der Waals surface area (Å²) in [6.07, 6.45) is 1.61. The van der Waals surface area contributed by atoms with Crippen LogP contribution in [0.1, 0.15) is 48.3 Å². The number of amides is 2. The second-order valence-corrected chi connectivity index (χ2v) is 14.5. The van der Waals surface area contributed by atoms with Gasteiger partial charge in [0.25, 0.3) is 5.91 Å². The summed E-state index contributed by atoms with van der Waals surface area (Å²) in [6.45, 7) is 6.70. The highest BCUT2D eigenvalue weighted by Gasteiger charge is 2.41. The number of aromatic nitrogens is 2. The van der Waals surface area contributed by atoms with Crippen LogP contribution in [0.15, 0.2) is 41.3 Å². The topological polar surface area (TPSA) is 140 Å². The zero-order chi connectivity index (χ0) is 32.8. The van der Waals surface area contributed by atoms with E-state index in [1.54, 1.807) is 12.1 Å². The summed E-state index contributed by atoms with van der Waals surface area (Å²) >= 11 is 0. The predicted molar refractivity (Wildman–Crippen MR) is 167 cm³/mol. The van der Waals surface area contributed by atoms with Gasteiger partial charge in [-0.1, -0.05) is 13.8 Å². The number of aromatic amines is 1. The largest absolute Gasteiger partial charge is 0.378 e. The maximum Gasteiger partial charge on any atom is 0.258 e. The number of morpholine rings is 1. The van der Waals surface area contributed by atoms with Crippen LogP contribution in [-0.2, 0) is 31.5 Å². The van der Waals surface area contributed by atoms with Crippen LogP contribution in [0.3, 0.4) is 0 Å². The van der Waals surface area contributed by atoms with Crippen LogP contribution in [-0.4, -0.2) is 92.1 Å². The number of rotatable bonds is 7. The summed E-state index contributed by atoms with van der Waals surface area (Å²) in [5, 5.41) is 13.0. The van der Waals surface area contributed by atoms with Crippen molar-refractivity contribution < 1.29 is 31.5 Å². The Kier molecular flexibility index (Phi) is 8.61. The molecule has 46 heavy (non-hydrogen) atoms. The number of halogens is 2. The minimum absolute atomic E-state index is 0.00480. The molecule has 4 heterocycles. The molecule has 1 unspecified atom stereocenters. The van der Waals surface area contributed by atoms with Crippen molar-refractivity contribution in [1.29, 1.82) is 0 Å². The van der Waals surface area contributed by atoms with Gasteiger partial charge in [0.05, 0.1) is 35.4 Å².